The molecule has 1 aromatic heterocycles. The summed E-state index contributed by atoms with van der Waals surface area (Å²) in [5.41, 5.74) is 2.96. The Balaban J connectivity index is 1.99. The fourth-order valence-electron chi connectivity index (χ4n) is 3.08. The Hall–Kier alpha value is -0.870. The highest BCUT2D eigenvalue weighted by Gasteiger charge is 2.21. The van der Waals surface area contributed by atoms with E-state index in [-0.39, 0.29) is 6.04 Å². The minimum atomic E-state index is 0.197. The van der Waals surface area contributed by atoms with Gasteiger partial charge in [0.05, 0.1) is 6.04 Å². The molecule has 0 spiro atoms. The molecule has 0 aliphatic heterocycles. The molecule has 0 bridgehead atoms. The molecule has 1 aliphatic rings. The zero-order valence-corrected chi connectivity index (χ0v) is 11.4. The number of nitrogens with zero attached hydrogens (tertiary/aromatic N) is 2. The topological polar surface area (TPSA) is 55.9 Å². The van der Waals surface area contributed by atoms with Crippen LogP contribution in [0.25, 0.3) is 0 Å². The smallest absolute Gasteiger partial charge is 0.127 e. The summed E-state index contributed by atoms with van der Waals surface area (Å²) in [6.07, 6.45) is 13.3. The molecule has 3 N–H and O–H groups in total. The van der Waals surface area contributed by atoms with E-state index in [1.807, 2.05) is 12.4 Å². The first-order valence-corrected chi connectivity index (χ1v) is 7.32. The summed E-state index contributed by atoms with van der Waals surface area (Å²) < 4.78 is 2.18. The van der Waals surface area contributed by atoms with Gasteiger partial charge in [-0.15, -0.1) is 0 Å². The molecule has 1 heterocycles. The fraction of sp³-hybridized carbons (Fsp3) is 0.786. The first-order valence-electron chi connectivity index (χ1n) is 7.32. The van der Waals surface area contributed by atoms with E-state index in [9.17, 15) is 0 Å². The Bertz CT molecular complexity index is 339. The number of rotatable bonds is 5. The van der Waals surface area contributed by atoms with E-state index in [1.165, 1.54) is 38.5 Å². The minimum Gasteiger partial charge on any atom is -0.334 e. The quantitative estimate of drug-likeness (QED) is 0.480. The summed E-state index contributed by atoms with van der Waals surface area (Å²) >= 11 is 0. The summed E-state index contributed by atoms with van der Waals surface area (Å²) in [5, 5.41) is 0. The molecule has 1 unspecified atom stereocenters. The Labute approximate surface area is 110 Å². The van der Waals surface area contributed by atoms with Gasteiger partial charge in [0.15, 0.2) is 0 Å². The summed E-state index contributed by atoms with van der Waals surface area (Å²) in [6, 6.07) is 0.197. The predicted octanol–water partition coefficient (Wildman–Crippen LogP) is 2.77. The summed E-state index contributed by atoms with van der Waals surface area (Å²) in [4.78, 5) is 4.47. The Kier molecular flexibility index (Phi) is 5.20. The van der Waals surface area contributed by atoms with Gasteiger partial charge < -0.3 is 4.57 Å². The molecule has 1 aromatic rings. The van der Waals surface area contributed by atoms with Crippen LogP contribution in [0.5, 0.6) is 0 Å². The Morgan fingerprint density at radius 1 is 1.39 bits per heavy atom. The van der Waals surface area contributed by atoms with Gasteiger partial charge in [-0.3, -0.25) is 5.84 Å². The van der Waals surface area contributed by atoms with Gasteiger partial charge in [0.2, 0.25) is 0 Å². The highest BCUT2D eigenvalue weighted by Crippen LogP contribution is 2.30. The summed E-state index contributed by atoms with van der Waals surface area (Å²) in [6.45, 7) is 3.10. The maximum absolute atomic E-state index is 5.74. The van der Waals surface area contributed by atoms with Gasteiger partial charge in [0.1, 0.15) is 5.82 Å². The average molecular weight is 250 g/mol. The van der Waals surface area contributed by atoms with Crippen LogP contribution in [0, 0.1) is 5.92 Å². The van der Waals surface area contributed by atoms with Gasteiger partial charge in [-0.05, 0) is 19.3 Å². The monoisotopic (exact) mass is 250 g/mol. The first-order chi connectivity index (χ1) is 8.85. The van der Waals surface area contributed by atoms with Crippen molar-refractivity contribution < 1.29 is 0 Å². The van der Waals surface area contributed by atoms with Crippen molar-refractivity contribution in [3.05, 3.63) is 18.2 Å². The number of nitrogens with one attached hydrogen (secondary N) is 1. The van der Waals surface area contributed by atoms with Crippen molar-refractivity contribution in [2.24, 2.45) is 11.8 Å². The minimum absolute atomic E-state index is 0.197. The lowest BCUT2D eigenvalue weighted by Crippen LogP contribution is -2.31. The van der Waals surface area contributed by atoms with Crippen molar-refractivity contribution in [3.8, 4) is 0 Å². The van der Waals surface area contributed by atoms with E-state index in [0.717, 1.165) is 24.7 Å². The average Bonchev–Trinajstić information content (AvgIpc) is 2.72. The SMILES string of the molecule is CCn1ccnc1C(CC1CCCCCC1)NN. The van der Waals surface area contributed by atoms with Gasteiger partial charge in [-0.25, -0.2) is 10.4 Å². The maximum Gasteiger partial charge on any atom is 0.127 e. The third kappa shape index (κ3) is 3.33. The van der Waals surface area contributed by atoms with Crippen LogP contribution in [0.4, 0.5) is 0 Å². The van der Waals surface area contributed by atoms with Crippen molar-refractivity contribution in [1.29, 1.82) is 0 Å². The molecule has 0 aromatic carbocycles. The first kappa shape index (κ1) is 13.6. The van der Waals surface area contributed by atoms with Crippen LogP contribution < -0.4 is 11.3 Å². The molecular weight excluding hydrogens is 224 g/mol. The molecule has 0 saturated heterocycles. The van der Waals surface area contributed by atoms with E-state index in [4.69, 9.17) is 5.84 Å². The molecule has 0 amide bonds. The van der Waals surface area contributed by atoms with Crippen molar-refractivity contribution in [1.82, 2.24) is 15.0 Å². The fourth-order valence-corrected chi connectivity index (χ4v) is 3.08. The van der Waals surface area contributed by atoms with Crippen molar-refractivity contribution in [2.75, 3.05) is 0 Å². The second kappa shape index (κ2) is 6.90. The van der Waals surface area contributed by atoms with E-state index >= 15 is 0 Å². The third-order valence-electron chi connectivity index (χ3n) is 4.15. The molecular formula is C14H26N4. The van der Waals surface area contributed by atoms with Gasteiger partial charge in [0, 0.05) is 18.9 Å². The number of nitrogens with two attached hydrogens (primary N) is 1. The predicted molar refractivity (Wildman–Crippen MR) is 73.8 cm³/mol. The highest BCUT2D eigenvalue weighted by molar-refractivity contribution is 4.99. The van der Waals surface area contributed by atoms with Crippen molar-refractivity contribution in [2.45, 2.75) is 64.5 Å². The van der Waals surface area contributed by atoms with E-state index in [2.05, 4.69) is 21.9 Å². The van der Waals surface area contributed by atoms with Gasteiger partial charge in [-0.1, -0.05) is 38.5 Å². The third-order valence-corrected chi connectivity index (χ3v) is 4.15. The van der Waals surface area contributed by atoms with Gasteiger partial charge in [0.25, 0.3) is 0 Å². The zero-order chi connectivity index (χ0) is 12.8. The second-order valence-electron chi connectivity index (χ2n) is 5.38. The number of hydrazine groups is 1. The Morgan fingerprint density at radius 3 is 2.72 bits per heavy atom. The number of hydrogen-bond acceptors (Lipinski definition) is 3. The number of aromatic nitrogens is 2. The molecule has 2 rings (SSSR count). The van der Waals surface area contributed by atoms with Crippen LogP contribution in [0.1, 0.15) is 63.7 Å². The van der Waals surface area contributed by atoms with Gasteiger partial charge >= 0.3 is 0 Å². The van der Waals surface area contributed by atoms with E-state index in [0.29, 0.717) is 0 Å². The normalized spacial score (nSPS) is 19.7. The van der Waals surface area contributed by atoms with Crippen LogP contribution in [-0.2, 0) is 6.54 Å². The Morgan fingerprint density at radius 2 is 2.11 bits per heavy atom. The molecule has 1 fully saturated rings. The standard InChI is InChI=1S/C14H26N4/c1-2-18-10-9-16-14(18)13(17-15)11-12-7-5-3-4-6-8-12/h9-10,12-13,17H,2-8,11,15H2,1H3. The van der Waals surface area contributed by atoms with Gasteiger partial charge in [-0.2, -0.15) is 0 Å². The van der Waals surface area contributed by atoms with Crippen molar-refractivity contribution >= 4 is 0 Å². The molecule has 1 atom stereocenters. The largest absolute Gasteiger partial charge is 0.334 e. The molecule has 4 heteroatoms. The van der Waals surface area contributed by atoms with Crippen LogP contribution in [0.15, 0.2) is 12.4 Å². The molecule has 102 valence electrons. The van der Waals surface area contributed by atoms with E-state index < -0.39 is 0 Å². The highest BCUT2D eigenvalue weighted by atomic mass is 15.3. The molecule has 4 nitrogen and oxygen atoms in total. The zero-order valence-electron chi connectivity index (χ0n) is 11.4. The molecule has 1 saturated carbocycles. The van der Waals surface area contributed by atoms with Crippen molar-refractivity contribution in [3.63, 3.8) is 0 Å². The lowest BCUT2D eigenvalue weighted by Gasteiger charge is -2.22. The van der Waals surface area contributed by atoms with Crippen LogP contribution in [-0.4, -0.2) is 9.55 Å². The lowest BCUT2D eigenvalue weighted by atomic mass is 9.92. The summed E-state index contributed by atoms with van der Waals surface area (Å²) in [5.74, 6) is 7.63. The molecule has 1 aliphatic carbocycles. The number of imidazole rings is 1. The maximum atomic E-state index is 5.74. The van der Waals surface area contributed by atoms with Crippen LogP contribution in [0.3, 0.4) is 0 Å². The van der Waals surface area contributed by atoms with E-state index in [1.54, 1.807) is 0 Å². The van der Waals surface area contributed by atoms with Crippen LogP contribution in [0.2, 0.25) is 0 Å². The second-order valence-corrected chi connectivity index (χ2v) is 5.38. The van der Waals surface area contributed by atoms with Crippen LogP contribution >= 0.6 is 0 Å². The lowest BCUT2D eigenvalue weighted by molar-refractivity contribution is 0.344. The summed E-state index contributed by atoms with van der Waals surface area (Å²) in [7, 11) is 0. The number of aryl methyl sites for hydroxylation is 1. The number of hydrogen-bond donors (Lipinski definition) is 2. The molecule has 18 heavy (non-hydrogen) atoms. The molecule has 0 radical (unpaired) electrons.